The molecular weight excluding hydrogens is 382 g/mol. The van der Waals surface area contributed by atoms with E-state index in [1.165, 1.54) is 11.8 Å². The molecule has 3 amide bonds. The number of furan rings is 1. The van der Waals surface area contributed by atoms with Gasteiger partial charge in [0.1, 0.15) is 5.75 Å². The zero-order chi connectivity index (χ0) is 20.9. The SMILES string of the molecule is CCOc1ccccc1NC(=O)Nc1ccc2c(c1)CN(C(=O)c1ccco1)CC2. The van der Waals surface area contributed by atoms with Gasteiger partial charge in [0.05, 0.1) is 18.6 Å². The summed E-state index contributed by atoms with van der Waals surface area (Å²) in [7, 11) is 0. The zero-order valence-corrected chi connectivity index (χ0v) is 16.7. The summed E-state index contributed by atoms with van der Waals surface area (Å²) in [5, 5.41) is 5.67. The normalized spacial score (nSPS) is 12.8. The van der Waals surface area contributed by atoms with Crippen molar-refractivity contribution >= 4 is 23.3 Å². The lowest BCUT2D eigenvalue weighted by atomic mass is 9.99. The summed E-state index contributed by atoms with van der Waals surface area (Å²) in [6.07, 6.45) is 2.26. The van der Waals surface area contributed by atoms with Gasteiger partial charge in [-0.15, -0.1) is 0 Å². The number of para-hydroxylation sites is 2. The Labute approximate surface area is 174 Å². The van der Waals surface area contributed by atoms with Crippen LogP contribution >= 0.6 is 0 Å². The minimum atomic E-state index is -0.360. The summed E-state index contributed by atoms with van der Waals surface area (Å²) in [6.45, 7) is 3.51. The molecule has 0 aliphatic carbocycles. The van der Waals surface area contributed by atoms with E-state index in [0.29, 0.717) is 42.6 Å². The molecule has 154 valence electrons. The molecule has 0 unspecified atom stereocenters. The molecule has 3 aromatic rings. The Kier molecular flexibility index (Phi) is 5.70. The monoisotopic (exact) mass is 405 g/mol. The summed E-state index contributed by atoms with van der Waals surface area (Å²) in [4.78, 5) is 26.8. The highest BCUT2D eigenvalue weighted by atomic mass is 16.5. The Morgan fingerprint density at radius 2 is 1.93 bits per heavy atom. The van der Waals surface area contributed by atoms with Crippen LogP contribution in [0.25, 0.3) is 0 Å². The predicted molar refractivity (Wildman–Crippen MR) is 114 cm³/mol. The number of hydrogen-bond donors (Lipinski definition) is 2. The van der Waals surface area contributed by atoms with Crippen LogP contribution in [0, 0.1) is 0 Å². The minimum absolute atomic E-state index is 0.130. The second-order valence-electron chi connectivity index (χ2n) is 6.95. The van der Waals surface area contributed by atoms with Crippen LogP contribution in [0.5, 0.6) is 5.75 Å². The van der Waals surface area contributed by atoms with Crippen LogP contribution in [0.4, 0.5) is 16.2 Å². The molecule has 0 saturated heterocycles. The average Bonchev–Trinajstić information content (AvgIpc) is 3.29. The van der Waals surface area contributed by atoms with Gasteiger partial charge in [-0.3, -0.25) is 4.79 Å². The third-order valence-corrected chi connectivity index (χ3v) is 4.93. The molecule has 0 spiro atoms. The van der Waals surface area contributed by atoms with E-state index >= 15 is 0 Å². The largest absolute Gasteiger partial charge is 0.492 e. The molecule has 2 aromatic carbocycles. The van der Waals surface area contributed by atoms with E-state index in [-0.39, 0.29) is 11.9 Å². The van der Waals surface area contributed by atoms with Crippen LogP contribution < -0.4 is 15.4 Å². The number of urea groups is 1. The highest BCUT2D eigenvalue weighted by Crippen LogP contribution is 2.26. The second-order valence-corrected chi connectivity index (χ2v) is 6.95. The standard InChI is InChI=1S/C23H23N3O4/c1-2-29-20-7-4-3-6-19(20)25-23(28)24-18-10-9-16-11-12-26(15-17(16)14-18)22(27)21-8-5-13-30-21/h3-10,13-14H,2,11-12,15H2,1H3,(H2,24,25,28). The molecule has 1 aromatic heterocycles. The Bertz CT molecular complexity index is 1050. The molecule has 0 fully saturated rings. The number of carbonyl (C=O) groups is 2. The lowest BCUT2D eigenvalue weighted by Crippen LogP contribution is -2.35. The van der Waals surface area contributed by atoms with Crippen molar-refractivity contribution in [3.63, 3.8) is 0 Å². The topological polar surface area (TPSA) is 83.8 Å². The van der Waals surface area contributed by atoms with Crippen LogP contribution in [0.15, 0.2) is 65.3 Å². The molecule has 30 heavy (non-hydrogen) atoms. The van der Waals surface area contributed by atoms with E-state index in [0.717, 1.165) is 12.0 Å². The van der Waals surface area contributed by atoms with Crippen LogP contribution in [0.2, 0.25) is 0 Å². The first-order valence-corrected chi connectivity index (χ1v) is 9.88. The van der Waals surface area contributed by atoms with Gasteiger partial charge in [-0.25, -0.2) is 4.79 Å². The van der Waals surface area contributed by atoms with E-state index in [4.69, 9.17) is 9.15 Å². The Morgan fingerprint density at radius 3 is 2.73 bits per heavy atom. The first-order chi connectivity index (χ1) is 14.6. The van der Waals surface area contributed by atoms with Gasteiger partial charge in [-0.05, 0) is 60.9 Å². The Morgan fingerprint density at radius 1 is 1.07 bits per heavy atom. The minimum Gasteiger partial charge on any atom is -0.492 e. The smallest absolute Gasteiger partial charge is 0.323 e. The van der Waals surface area contributed by atoms with Gasteiger partial charge in [-0.2, -0.15) is 0 Å². The van der Waals surface area contributed by atoms with Crippen molar-refractivity contribution in [2.45, 2.75) is 19.9 Å². The van der Waals surface area contributed by atoms with Crippen molar-refractivity contribution in [2.24, 2.45) is 0 Å². The first-order valence-electron chi connectivity index (χ1n) is 9.88. The number of ether oxygens (including phenoxy) is 1. The number of carbonyl (C=O) groups excluding carboxylic acids is 2. The van der Waals surface area contributed by atoms with Gasteiger partial charge in [0.2, 0.25) is 0 Å². The fraction of sp³-hybridized carbons (Fsp3) is 0.217. The number of anilines is 2. The summed E-state index contributed by atoms with van der Waals surface area (Å²) in [5.74, 6) is 0.821. The van der Waals surface area contributed by atoms with Gasteiger partial charge in [0.25, 0.3) is 5.91 Å². The number of amides is 3. The third kappa shape index (κ3) is 4.30. The predicted octanol–water partition coefficient (Wildman–Crippen LogP) is 4.52. The summed E-state index contributed by atoms with van der Waals surface area (Å²) < 4.78 is 10.8. The van der Waals surface area contributed by atoms with Crippen LogP contribution in [-0.4, -0.2) is 30.0 Å². The number of hydrogen-bond acceptors (Lipinski definition) is 4. The molecule has 7 heteroatoms. The summed E-state index contributed by atoms with van der Waals surface area (Å²) in [5.41, 5.74) is 3.44. The number of nitrogens with zero attached hydrogens (tertiary/aromatic N) is 1. The fourth-order valence-electron chi connectivity index (χ4n) is 3.50. The van der Waals surface area contributed by atoms with Crippen LogP contribution in [-0.2, 0) is 13.0 Å². The lowest BCUT2D eigenvalue weighted by molar-refractivity contribution is 0.0702. The molecule has 7 nitrogen and oxygen atoms in total. The maximum Gasteiger partial charge on any atom is 0.323 e. The van der Waals surface area contributed by atoms with E-state index < -0.39 is 0 Å². The third-order valence-electron chi connectivity index (χ3n) is 4.93. The maximum atomic E-state index is 12.6. The number of nitrogens with one attached hydrogen (secondary N) is 2. The maximum absolute atomic E-state index is 12.6. The van der Waals surface area contributed by atoms with Gasteiger partial charge in [0, 0.05) is 18.8 Å². The average molecular weight is 405 g/mol. The van der Waals surface area contributed by atoms with Crippen molar-refractivity contribution < 1.29 is 18.7 Å². The molecule has 2 heterocycles. The second kappa shape index (κ2) is 8.73. The van der Waals surface area contributed by atoms with E-state index in [1.807, 2.05) is 43.3 Å². The van der Waals surface area contributed by atoms with Gasteiger partial charge < -0.3 is 24.7 Å². The summed E-state index contributed by atoms with van der Waals surface area (Å²) >= 11 is 0. The first kappa shape index (κ1) is 19.6. The highest BCUT2D eigenvalue weighted by Gasteiger charge is 2.23. The molecule has 4 rings (SSSR count). The molecule has 0 radical (unpaired) electrons. The van der Waals surface area contributed by atoms with E-state index in [2.05, 4.69) is 10.6 Å². The lowest BCUT2D eigenvalue weighted by Gasteiger charge is -2.28. The molecule has 2 N–H and O–H groups in total. The molecular formula is C23H23N3O4. The van der Waals surface area contributed by atoms with E-state index in [1.54, 1.807) is 23.1 Å². The Hall–Kier alpha value is -3.74. The van der Waals surface area contributed by atoms with Crippen molar-refractivity contribution in [2.75, 3.05) is 23.8 Å². The van der Waals surface area contributed by atoms with Crippen LogP contribution in [0.3, 0.4) is 0 Å². The van der Waals surface area contributed by atoms with Gasteiger partial charge in [0.15, 0.2) is 5.76 Å². The highest BCUT2D eigenvalue weighted by molar-refractivity contribution is 6.00. The zero-order valence-electron chi connectivity index (χ0n) is 16.7. The Balaban J connectivity index is 1.44. The molecule has 0 saturated carbocycles. The van der Waals surface area contributed by atoms with Crippen LogP contribution in [0.1, 0.15) is 28.6 Å². The molecule has 1 aliphatic heterocycles. The molecule has 1 aliphatic rings. The van der Waals surface area contributed by atoms with Gasteiger partial charge >= 0.3 is 6.03 Å². The van der Waals surface area contributed by atoms with Gasteiger partial charge in [-0.1, -0.05) is 18.2 Å². The number of benzene rings is 2. The fourth-order valence-corrected chi connectivity index (χ4v) is 3.50. The van der Waals surface area contributed by atoms with E-state index in [9.17, 15) is 9.59 Å². The molecule has 0 atom stereocenters. The van der Waals surface area contributed by atoms with Crippen molar-refractivity contribution in [1.82, 2.24) is 4.90 Å². The van der Waals surface area contributed by atoms with Crippen molar-refractivity contribution in [3.8, 4) is 5.75 Å². The quantitative estimate of drug-likeness (QED) is 0.654. The van der Waals surface area contributed by atoms with Crippen molar-refractivity contribution in [1.29, 1.82) is 0 Å². The number of fused-ring (bicyclic) bond motifs is 1. The number of rotatable bonds is 5. The molecule has 0 bridgehead atoms. The van der Waals surface area contributed by atoms with Crippen molar-refractivity contribution in [3.05, 3.63) is 77.7 Å². The summed E-state index contributed by atoms with van der Waals surface area (Å²) in [6, 6.07) is 16.1.